The Morgan fingerprint density at radius 1 is 0.610 bits per heavy atom. The Hall–Kier alpha value is -3.85. The third kappa shape index (κ3) is 8.10. The molecule has 0 aliphatic carbocycles. The van der Waals surface area contributed by atoms with Gasteiger partial charge in [0.2, 0.25) is 0 Å². The lowest BCUT2D eigenvalue weighted by atomic mass is 9.98. The van der Waals surface area contributed by atoms with Gasteiger partial charge in [0, 0.05) is 0 Å². The van der Waals surface area contributed by atoms with Crippen LogP contribution >= 0.6 is 0 Å². The van der Waals surface area contributed by atoms with Crippen LogP contribution in [0.4, 0.5) is 0 Å². The minimum atomic E-state index is -1.45. The molecule has 0 radical (unpaired) electrons. The van der Waals surface area contributed by atoms with E-state index in [1.807, 2.05) is 97.1 Å². The van der Waals surface area contributed by atoms with Crippen molar-refractivity contribution >= 4 is 5.97 Å². The number of carbonyl (C=O) groups excluding carboxylic acids is 1. The first-order valence-electron chi connectivity index (χ1n) is 13.7. The number of aliphatic hydroxyl groups is 1. The molecule has 0 aromatic heterocycles. The van der Waals surface area contributed by atoms with Gasteiger partial charge in [-0.05, 0) is 28.8 Å². The van der Waals surface area contributed by atoms with Crippen LogP contribution in [-0.2, 0) is 43.5 Å². The molecule has 5 atom stereocenters. The molecular formula is C34H34O7. The fourth-order valence-electron chi connectivity index (χ4n) is 4.71. The van der Waals surface area contributed by atoms with Crippen LogP contribution in [0.5, 0.6) is 0 Å². The van der Waals surface area contributed by atoms with Crippen molar-refractivity contribution in [2.24, 2.45) is 0 Å². The van der Waals surface area contributed by atoms with E-state index in [1.165, 1.54) is 0 Å². The van der Waals surface area contributed by atoms with Crippen molar-refractivity contribution in [2.75, 3.05) is 6.61 Å². The SMILES string of the molecule is O=C(OC1C(OCc2ccccc2)[C@H](OCc2ccccc2)C(COCc2ccccc2)O[C@H]1O)c1ccccc1. The number of aliphatic hydroxyl groups excluding tert-OH is 1. The molecular weight excluding hydrogens is 520 g/mol. The van der Waals surface area contributed by atoms with Crippen molar-refractivity contribution < 1.29 is 33.6 Å². The summed E-state index contributed by atoms with van der Waals surface area (Å²) in [6.07, 6.45) is -4.85. The molecule has 3 unspecified atom stereocenters. The fourth-order valence-corrected chi connectivity index (χ4v) is 4.71. The third-order valence-electron chi connectivity index (χ3n) is 6.83. The zero-order chi connectivity index (χ0) is 28.3. The minimum absolute atomic E-state index is 0.135. The number of carbonyl (C=O) groups is 1. The zero-order valence-corrected chi connectivity index (χ0v) is 22.7. The first-order chi connectivity index (χ1) is 20.2. The Balaban J connectivity index is 1.39. The summed E-state index contributed by atoms with van der Waals surface area (Å²) in [6, 6.07) is 37.8. The molecule has 0 bridgehead atoms. The Kier molecular flexibility index (Phi) is 10.3. The highest BCUT2D eigenvalue weighted by Crippen LogP contribution is 2.30. The summed E-state index contributed by atoms with van der Waals surface area (Å²) >= 11 is 0. The Morgan fingerprint density at radius 2 is 1.07 bits per heavy atom. The Morgan fingerprint density at radius 3 is 1.61 bits per heavy atom. The molecule has 41 heavy (non-hydrogen) atoms. The van der Waals surface area contributed by atoms with Crippen LogP contribution < -0.4 is 0 Å². The summed E-state index contributed by atoms with van der Waals surface area (Å²) in [7, 11) is 0. The molecule has 1 aliphatic heterocycles. The van der Waals surface area contributed by atoms with Crippen LogP contribution in [0.3, 0.4) is 0 Å². The second-order valence-electron chi connectivity index (χ2n) is 9.82. The molecule has 1 heterocycles. The van der Waals surface area contributed by atoms with E-state index in [2.05, 4.69) is 0 Å². The highest BCUT2D eigenvalue weighted by molar-refractivity contribution is 5.89. The van der Waals surface area contributed by atoms with Gasteiger partial charge in [0.05, 0.1) is 32.0 Å². The van der Waals surface area contributed by atoms with Crippen LogP contribution in [0.1, 0.15) is 27.0 Å². The number of esters is 1. The molecule has 0 amide bonds. The lowest BCUT2D eigenvalue weighted by Gasteiger charge is -2.44. The number of hydrogen-bond donors (Lipinski definition) is 1. The van der Waals surface area contributed by atoms with Crippen LogP contribution in [-0.4, -0.2) is 48.4 Å². The number of benzene rings is 4. The van der Waals surface area contributed by atoms with Gasteiger partial charge in [0.25, 0.3) is 0 Å². The average molecular weight is 555 g/mol. The van der Waals surface area contributed by atoms with Crippen LogP contribution in [0.25, 0.3) is 0 Å². The summed E-state index contributed by atoms with van der Waals surface area (Å²) in [4.78, 5) is 13.1. The molecule has 1 N–H and O–H groups in total. The van der Waals surface area contributed by atoms with Crippen LogP contribution in [0.2, 0.25) is 0 Å². The Labute approximate surface area is 240 Å². The van der Waals surface area contributed by atoms with E-state index in [9.17, 15) is 9.90 Å². The molecule has 4 aromatic carbocycles. The second-order valence-corrected chi connectivity index (χ2v) is 9.82. The maximum Gasteiger partial charge on any atom is 0.338 e. The zero-order valence-electron chi connectivity index (χ0n) is 22.7. The van der Waals surface area contributed by atoms with Crippen molar-refractivity contribution in [3.05, 3.63) is 144 Å². The lowest BCUT2D eigenvalue weighted by Crippen LogP contribution is -2.61. The number of rotatable bonds is 12. The summed E-state index contributed by atoms with van der Waals surface area (Å²) in [6.45, 7) is 0.991. The van der Waals surface area contributed by atoms with E-state index in [1.54, 1.807) is 24.3 Å². The predicted molar refractivity (Wildman–Crippen MR) is 153 cm³/mol. The van der Waals surface area contributed by atoms with Crippen molar-refractivity contribution in [1.29, 1.82) is 0 Å². The number of ether oxygens (including phenoxy) is 5. The Bertz CT molecular complexity index is 1320. The average Bonchev–Trinajstić information content (AvgIpc) is 3.02. The van der Waals surface area contributed by atoms with E-state index in [0.717, 1.165) is 16.7 Å². The number of hydrogen-bond acceptors (Lipinski definition) is 7. The molecule has 0 saturated carbocycles. The van der Waals surface area contributed by atoms with Gasteiger partial charge in [-0.3, -0.25) is 0 Å². The van der Waals surface area contributed by atoms with Crippen LogP contribution in [0, 0.1) is 0 Å². The molecule has 1 saturated heterocycles. The van der Waals surface area contributed by atoms with Gasteiger partial charge in [-0.25, -0.2) is 4.79 Å². The highest BCUT2D eigenvalue weighted by Gasteiger charge is 2.49. The lowest BCUT2D eigenvalue weighted by molar-refractivity contribution is -0.306. The monoisotopic (exact) mass is 554 g/mol. The van der Waals surface area contributed by atoms with Crippen molar-refractivity contribution in [3.63, 3.8) is 0 Å². The van der Waals surface area contributed by atoms with E-state index in [4.69, 9.17) is 23.7 Å². The maximum atomic E-state index is 13.1. The van der Waals surface area contributed by atoms with Crippen molar-refractivity contribution in [2.45, 2.75) is 50.5 Å². The van der Waals surface area contributed by atoms with Gasteiger partial charge in [-0.15, -0.1) is 0 Å². The van der Waals surface area contributed by atoms with Gasteiger partial charge >= 0.3 is 5.97 Å². The van der Waals surface area contributed by atoms with Crippen molar-refractivity contribution in [1.82, 2.24) is 0 Å². The molecule has 5 rings (SSSR count). The quantitative estimate of drug-likeness (QED) is 0.238. The summed E-state index contributed by atoms with van der Waals surface area (Å²) in [5, 5.41) is 11.1. The smallest absolute Gasteiger partial charge is 0.338 e. The van der Waals surface area contributed by atoms with Gasteiger partial charge < -0.3 is 28.8 Å². The van der Waals surface area contributed by atoms with Gasteiger partial charge in [-0.2, -0.15) is 0 Å². The molecule has 7 nitrogen and oxygen atoms in total. The summed E-state index contributed by atoms with van der Waals surface area (Å²) < 4.78 is 30.7. The summed E-state index contributed by atoms with van der Waals surface area (Å²) in [5.74, 6) is -0.591. The normalized spacial score (nSPS) is 22.2. The molecule has 1 aliphatic rings. The first-order valence-corrected chi connectivity index (χ1v) is 13.7. The van der Waals surface area contributed by atoms with Gasteiger partial charge in [0.15, 0.2) is 12.4 Å². The first kappa shape index (κ1) is 28.7. The van der Waals surface area contributed by atoms with Gasteiger partial charge in [-0.1, -0.05) is 109 Å². The maximum absolute atomic E-state index is 13.1. The fraction of sp³-hybridized carbons (Fsp3) is 0.265. The molecule has 0 spiro atoms. The third-order valence-corrected chi connectivity index (χ3v) is 6.83. The standard InChI is InChI=1S/C34H34O7/c35-33(28-19-11-4-12-20-28)41-32-31(39-23-27-17-9-3-10-18-27)30(38-22-26-15-7-2-8-16-26)29(40-34(32)36)24-37-21-25-13-5-1-6-14-25/h1-20,29-32,34,36H,21-24H2/t29?,30-,31?,32?,34-/m1/s1. The summed E-state index contributed by atoms with van der Waals surface area (Å²) in [5.41, 5.74) is 3.26. The van der Waals surface area contributed by atoms with E-state index in [0.29, 0.717) is 12.2 Å². The van der Waals surface area contributed by atoms with Crippen molar-refractivity contribution in [3.8, 4) is 0 Å². The minimum Gasteiger partial charge on any atom is -0.450 e. The molecule has 212 valence electrons. The molecule has 7 heteroatoms. The predicted octanol–water partition coefficient (Wildman–Crippen LogP) is 5.32. The molecule has 4 aromatic rings. The van der Waals surface area contributed by atoms with E-state index < -0.39 is 36.7 Å². The largest absolute Gasteiger partial charge is 0.450 e. The molecule has 1 fully saturated rings. The van der Waals surface area contributed by atoms with Gasteiger partial charge in [0.1, 0.15) is 18.3 Å². The topological polar surface area (TPSA) is 83.5 Å². The van der Waals surface area contributed by atoms with E-state index in [-0.39, 0.29) is 19.8 Å². The second kappa shape index (κ2) is 14.7. The van der Waals surface area contributed by atoms with Crippen LogP contribution in [0.15, 0.2) is 121 Å². The van der Waals surface area contributed by atoms with E-state index >= 15 is 0 Å². The highest BCUT2D eigenvalue weighted by atomic mass is 16.7.